The van der Waals surface area contributed by atoms with Crippen molar-refractivity contribution in [3.05, 3.63) is 0 Å². The van der Waals surface area contributed by atoms with Crippen LogP contribution in [0.5, 0.6) is 0 Å². The van der Waals surface area contributed by atoms with Gasteiger partial charge in [0.05, 0.1) is 6.73 Å². The standard InChI is InChI=1S/C5H11NO/c1-7-5-6-3-2-4-6/h2-5H2,1H3. The Balaban J connectivity index is 1.93. The molecule has 0 radical (unpaired) electrons. The number of likely N-dealkylation sites (tertiary alicyclic amines) is 1. The van der Waals surface area contributed by atoms with Gasteiger partial charge in [0, 0.05) is 20.2 Å². The molecular weight excluding hydrogens is 90.1 g/mol. The van der Waals surface area contributed by atoms with Gasteiger partial charge in [0.25, 0.3) is 0 Å². The van der Waals surface area contributed by atoms with Crippen LogP contribution in [0, 0.1) is 0 Å². The summed E-state index contributed by atoms with van der Waals surface area (Å²) in [5.41, 5.74) is 0. The molecule has 1 aliphatic heterocycles. The van der Waals surface area contributed by atoms with E-state index in [4.69, 9.17) is 4.74 Å². The Labute approximate surface area is 44.1 Å². The number of methoxy groups -OCH3 is 1. The number of hydrogen-bond acceptors (Lipinski definition) is 2. The average Bonchev–Trinajstić information content (AvgIpc) is 1.55. The second-order valence-electron chi connectivity index (χ2n) is 1.89. The molecule has 0 atom stereocenters. The Morgan fingerprint density at radius 1 is 1.57 bits per heavy atom. The molecule has 2 nitrogen and oxygen atoms in total. The van der Waals surface area contributed by atoms with E-state index >= 15 is 0 Å². The second-order valence-corrected chi connectivity index (χ2v) is 1.89. The Kier molecular flexibility index (Phi) is 1.65. The van der Waals surface area contributed by atoms with Gasteiger partial charge in [-0.3, -0.25) is 4.90 Å². The van der Waals surface area contributed by atoms with Gasteiger partial charge >= 0.3 is 0 Å². The third-order valence-corrected chi connectivity index (χ3v) is 1.26. The van der Waals surface area contributed by atoms with E-state index in [9.17, 15) is 0 Å². The fourth-order valence-corrected chi connectivity index (χ4v) is 0.693. The second kappa shape index (κ2) is 2.28. The van der Waals surface area contributed by atoms with Gasteiger partial charge in [0.15, 0.2) is 0 Å². The molecule has 0 aromatic carbocycles. The summed E-state index contributed by atoms with van der Waals surface area (Å²) in [6, 6.07) is 0. The minimum atomic E-state index is 0.819. The Morgan fingerprint density at radius 2 is 2.29 bits per heavy atom. The van der Waals surface area contributed by atoms with Crippen molar-refractivity contribution in [3.8, 4) is 0 Å². The lowest BCUT2D eigenvalue weighted by molar-refractivity contribution is 0.0246. The number of ether oxygens (including phenoxy) is 1. The van der Waals surface area contributed by atoms with Gasteiger partial charge in [0.2, 0.25) is 0 Å². The maximum atomic E-state index is 4.87. The van der Waals surface area contributed by atoms with Crippen molar-refractivity contribution in [2.75, 3.05) is 26.9 Å². The van der Waals surface area contributed by atoms with Crippen molar-refractivity contribution in [1.82, 2.24) is 4.90 Å². The first-order chi connectivity index (χ1) is 3.43. The van der Waals surface area contributed by atoms with E-state index in [0.29, 0.717) is 0 Å². The van der Waals surface area contributed by atoms with E-state index in [1.54, 1.807) is 7.11 Å². The molecule has 0 saturated carbocycles. The number of nitrogens with zero attached hydrogens (tertiary/aromatic N) is 1. The van der Waals surface area contributed by atoms with Gasteiger partial charge in [-0.2, -0.15) is 0 Å². The van der Waals surface area contributed by atoms with E-state index in [0.717, 1.165) is 6.73 Å². The summed E-state index contributed by atoms with van der Waals surface area (Å²) >= 11 is 0. The molecule has 2 heteroatoms. The van der Waals surface area contributed by atoms with Gasteiger partial charge in [-0.1, -0.05) is 0 Å². The minimum absolute atomic E-state index is 0.819. The lowest BCUT2D eigenvalue weighted by Crippen LogP contribution is -2.38. The molecule has 1 heterocycles. The van der Waals surface area contributed by atoms with Crippen molar-refractivity contribution >= 4 is 0 Å². The van der Waals surface area contributed by atoms with Gasteiger partial charge in [-0.15, -0.1) is 0 Å². The zero-order valence-corrected chi connectivity index (χ0v) is 4.68. The van der Waals surface area contributed by atoms with Crippen LogP contribution >= 0.6 is 0 Å². The summed E-state index contributed by atoms with van der Waals surface area (Å²) < 4.78 is 4.87. The highest BCUT2D eigenvalue weighted by molar-refractivity contribution is 4.63. The molecule has 7 heavy (non-hydrogen) atoms. The van der Waals surface area contributed by atoms with Crippen LogP contribution in [-0.2, 0) is 4.74 Å². The van der Waals surface area contributed by atoms with Crippen LogP contribution in [0.25, 0.3) is 0 Å². The van der Waals surface area contributed by atoms with Crippen LogP contribution in [0.4, 0.5) is 0 Å². The molecule has 1 rings (SSSR count). The molecule has 0 amide bonds. The Hall–Kier alpha value is -0.0800. The smallest absolute Gasteiger partial charge is 0.0986 e. The lowest BCUT2D eigenvalue weighted by atomic mass is 10.2. The monoisotopic (exact) mass is 101 g/mol. The maximum Gasteiger partial charge on any atom is 0.0986 e. The van der Waals surface area contributed by atoms with Crippen molar-refractivity contribution in [2.45, 2.75) is 6.42 Å². The van der Waals surface area contributed by atoms with Crippen LogP contribution in [0.2, 0.25) is 0 Å². The van der Waals surface area contributed by atoms with Crippen LogP contribution in [0.15, 0.2) is 0 Å². The molecule has 1 aliphatic rings. The third kappa shape index (κ3) is 1.14. The van der Waals surface area contributed by atoms with Crippen LogP contribution < -0.4 is 0 Å². The molecule has 0 bridgehead atoms. The Bertz CT molecular complexity index is 52.0. The van der Waals surface area contributed by atoms with Crippen molar-refractivity contribution in [3.63, 3.8) is 0 Å². The van der Waals surface area contributed by atoms with Gasteiger partial charge < -0.3 is 4.74 Å². The van der Waals surface area contributed by atoms with E-state index in [-0.39, 0.29) is 0 Å². The average molecular weight is 101 g/mol. The molecule has 0 N–H and O–H groups in total. The largest absolute Gasteiger partial charge is 0.369 e. The molecule has 0 unspecified atom stereocenters. The normalized spacial score (nSPS) is 21.9. The number of hydrogen-bond donors (Lipinski definition) is 0. The molecule has 0 aromatic rings. The van der Waals surface area contributed by atoms with Crippen molar-refractivity contribution < 1.29 is 4.74 Å². The Morgan fingerprint density at radius 3 is 2.43 bits per heavy atom. The number of rotatable bonds is 2. The van der Waals surface area contributed by atoms with E-state index < -0.39 is 0 Å². The maximum absolute atomic E-state index is 4.87. The third-order valence-electron chi connectivity index (χ3n) is 1.26. The fourth-order valence-electron chi connectivity index (χ4n) is 0.693. The van der Waals surface area contributed by atoms with Crippen molar-refractivity contribution in [2.24, 2.45) is 0 Å². The van der Waals surface area contributed by atoms with Crippen LogP contribution in [0.3, 0.4) is 0 Å². The van der Waals surface area contributed by atoms with E-state index in [1.807, 2.05) is 0 Å². The first-order valence-corrected chi connectivity index (χ1v) is 2.65. The van der Waals surface area contributed by atoms with Gasteiger partial charge in [0.1, 0.15) is 0 Å². The highest BCUT2D eigenvalue weighted by atomic mass is 16.5. The quantitative estimate of drug-likeness (QED) is 0.496. The predicted octanol–water partition coefficient (Wildman–Crippen LogP) is 0.296. The summed E-state index contributed by atoms with van der Waals surface area (Å²) in [6.07, 6.45) is 1.35. The van der Waals surface area contributed by atoms with E-state index in [2.05, 4.69) is 4.90 Å². The summed E-state index contributed by atoms with van der Waals surface area (Å²) in [4.78, 5) is 2.26. The zero-order chi connectivity index (χ0) is 5.11. The van der Waals surface area contributed by atoms with Crippen molar-refractivity contribution in [1.29, 1.82) is 0 Å². The summed E-state index contributed by atoms with van der Waals surface area (Å²) in [7, 11) is 1.73. The summed E-state index contributed by atoms with van der Waals surface area (Å²) in [6.45, 7) is 3.28. The highest BCUT2D eigenvalue weighted by Crippen LogP contribution is 2.03. The zero-order valence-electron chi connectivity index (χ0n) is 4.68. The molecule has 0 aromatic heterocycles. The molecular formula is C5H11NO. The highest BCUT2D eigenvalue weighted by Gasteiger charge is 2.11. The topological polar surface area (TPSA) is 12.5 Å². The molecule has 0 aliphatic carbocycles. The fraction of sp³-hybridized carbons (Fsp3) is 1.00. The summed E-state index contributed by atoms with van der Waals surface area (Å²) in [5, 5.41) is 0. The minimum Gasteiger partial charge on any atom is -0.369 e. The van der Waals surface area contributed by atoms with Crippen LogP contribution in [-0.4, -0.2) is 31.8 Å². The molecule has 0 spiro atoms. The molecule has 42 valence electrons. The molecule has 1 saturated heterocycles. The first kappa shape index (κ1) is 5.06. The first-order valence-electron chi connectivity index (χ1n) is 2.65. The van der Waals surface area contributed by atoms with E-state index in [1.165, 1.54) is 19.5 Å². The molecule has 1 fully saturated rings. The SMILES string of the molecule is COCN1CCC1. The predicted molar refractivity (Wildman–Crippen MR) is 28.1 cm³/mol. The van der Waals surface area contributed by atoms with Gasteiger partial charge in [-0.05, 0) is 6.42 Å². The van der Waals surface area contributed by atoms with Gasteiger partial charge in [-0.25, -0.2) is 0 Å². The summed E-state index contributed by atoms with van der Waals surface area (Å²) in [5.74, 6) is 0. The lowest BCUT2D eigenvalue weighted by Gasteiger charge is -2.29. The van der Waals surface area contributed by atoms with Crippen LogP contribution in [0.1, 0.15) is 6.42 Å².